The van der Waals surface area contributed by atoms with E-state index in [0.717, 1.165) is 5.56 Å². The summed E-state index contributed by atoms with van der Waals surface area (Å²) in [5, 5.41) is 2.62. The lowest BCUT2D eigenvalue weighted by Crippen LogP contribution is -2.50. The van der Waals surface area contributed by atoms with Crippen molar-refractivity contribution in [1.29, 1.82) is 0 Å². The van der Waals surface area contributed by atoms with Crippen LogP contribution in [0, 0.1) is 0 Å². The first-order chi connectivity index (χ1) is 11.8. The molecule has 2 amide bonds. The van der Waals surface area contributed by atoms with E-state index >= 15 is 0 Å². The number of carbonyl (C=O) groups excluding carboxylic acids is 2. The fourth-order valence-electron chi connectivity index (χ4n) is 2.76. The minimum atomic E-state index is -3.13. The van der Waals surface area contributed by atoms with Crippen molar-refractivity contribution >= 4 is 21.7 Å². The molecule has 1 aliphatic heterocycles. The van der Waals surface area contributed by atoms with Crippen molar-refractivity contribution in [2.75, 3.05) is 38.7 Å². The highest BCUT2D eigenvalue weighted by molar-refractivity contribution is 7.91. The van der Waals surface area contributed by atoms with Gasteiger partial charge in [-0.1, -0.05) is 30.3 Å². The average molecular weight is 367 g/mol. The maximum absolute atomic E-state index is 12.6. The third-order valence-electron chi connectivity index (χ3n) is 4.19. The Morgan fingerprint density at radius 3 is 2.40 bits per heavy atom. The van der Waals surface area contributed by atoms with Crippen molar-refractivity contribution in [1.82, 2.24) is 15.1 Å². The molecular formula is C17H25N3O4S. The van der Waals surface area contributed by atoms with Crippen LogP contribution in [0.25, 0.3) is 0 Å². The van der Waals surface area contributed by atoms with E-state index in [-0.39, 0.29) is 18.1 Å². The second-order valence-corrected chi connectivity index (χ2v) is 8.76. The summed E-state index contributed by atoms with van der Waals surface area (Å²) in [6.45, 7) is 1.15. The predicted octanol–water partition coefficient (Wildman–Crippen LogP) is -0.120. The highest BCUT2D eigenvalue weighted by Gasteiger charge is 2.36. The molecule has 0 aromatic heterocycles. The molecule has 0 bridgehead atoms. The molecule has 0 saturated carbocycles. The fraction of sp³-hybridized carbons (Fsp3) is 0.529. The van der Waals surface area contributed by atoms with E-state index in [1.165, 1.54) is 4.90 Å². The lowest BCUT2D eigenvalue weighted by molar-refractivity contribution is -0.147. The molecule has 1 unspecified atom stereocenters. The summed E-state index contributed by atoms with van der Waals surface area (Å²) >= 11 is 0. The molecule has 1 aliphatic rings. The summed E-state index contributed by atoms with van der Waals surface area (Å²) in [5.41, 5.74) is 0.895. The summed E-state index contributed by atoms with van der Waals surface area (Å²) < 4.78 is 23.5. The van der Waals surface area contributed by atoms with Gasteiger partial charge in [0.1, 0.15) is 0 Å². The molecule has 25 heavy (non-hydrogen) atoms. The zero-order valence-corrected chi connectivity index (χ0v) is 15.5. The van der Waals surface area contributed by atoms with Gasteiger partial charge in [-0.05, 0) is 26.1 Å². The van der Waals surface area contributed by atoms with Crippen LogP contribution in [-0.4, -0.2) is 74.8 Å². The van der Waals surface area contributed by atoms with Crippen LogP contribution in [0.15, 0.2) is 30.3 Å². The van der Waals surface area contributed by atoms with Crippen molar-refractivity contribution in [2.45, 2.75) is 19.0 Å². The van der Waals surface area contributed by atoms with Crippen LogP contribution in [0.2, 0.25) is 0 Å². The van der Waals surface area contributed by atoms with Gasteiger partial charge in [0.15, 0.2) is 9.84 Å². The fourth-order valence-corrected chi connectivity index (χ4v) is 4.49. The Bertz CT molecular complexity index is 704. The normalized spacial score (nSPS) is 18.9. The van der Waals surface area contributed by atoms with E-state index in [9.17, 15) is 18.0 Å². The molecule has 0 radical (unpaired) electrons. The molecule has 1 saturated heterocycles. The zero-order chi connectivity index (χ0) is 18.4. The minimum Gasteiger partial charge on any atom is -0.344 e. The van der Waals surface area contributed by atoms with Crippen LogP contribution in [0.3, 0.4) is 0 Å². The topological polar surface area (TPSA) is 86.8 Å². The molecule has 1 heterocycles. The molecule has 7 nitrogen and oxygen atoms in total. The molecule has 0 aliphatic carbocycles. The third kappa shape index (κ3) is 5.82. The summed E-state index contributed by atoms with van der Waals surface area (Å²) in [6, 6.07) is 8.88. The number of amides is 2. The summed E-state index contributed by atoms with van der Waals surface area (Å²) in [6.07, 6.45) is 0.382. The maximum atomic E-state index is 12.6. The Morgan fingerprint density at radius 1 is 1.16 bits per heavy atom. The van der Waals surface area contributed by atoms with Gasteiger partial charge in [-0.25, -0.2) is 8.42 Å². The first kappa shape index (κ1) is 19.4. The first-order valence-electron chi connectivity index (χ1n) is 8.26. The van der Waals surface area contributed by atoms with Crippen LogP contribution in [-0.2, 0) is 26.0 Å². The van der Waals surface area contributed by atoms with Crippen molar-refractivity contribution in [2.24, 2.45) is 0 Å². The van der Waals surface area contributed by atoms with Gasteiger partial charge >= 0.3 is 11.8 Å². The monoisotopic (exact) mass is 367 g/mol. The second kappa shape index (κ2) is 8.44. The van der Waals surface area contributed by atoms with Crippen LogP contribution in [0.5, 0.6) is 0 Å². The van der Waals surface area contributed by atoms with E-state index in [4.69, 9.17) is 0 Å². The van der Waals surface area contributed by atoms with Crippen molar-refractivity contribution in [3.8, 4) is 0 Å². The van der Waals surface area contributed by atoms with E-state index in [0.29, 0.717) is 19.5 Å². The van der Waals surface area contributed by atoms with E-state index < -0.39 is 27.7 Å². The molecule has 1 atom stereocenters. The van der Waals surface area contributed by atoms with Crippen molar-refractivity contribution < 1.29 is 18.0 Å². The van der Waals surface area contributed by atoms with Gasteiger partial charge in [-0.3, -0.25) is 9.59 Å². The maximum Gasteiger partial charge on any atom is 0.312 e. The Kier molecular flexibility index (Phi) is 6.55. The summed E-state index contributed by atoms with van der Waals surface area (Å²) in [5.74, 6) is -1.38. The van der Waals surface area contributed by atoms with E-state index in [1.807, 2.05) is 49.3 Å². The first-order valence-corrected chi connectivity index (χ1v) is 10.1. The number of sulfone groups is 1. The largest absolute Gasteiger partial charge is 0.344 e. The number of nitrogens with one attached hydrogen (secondary N) is 1. The smallest absolute Gasteiger partial charge is 0.312 e. The standard InChI is InChI=1S/C17H25N3O4S/c1-19(2)9-10-20(15-8-11-25(23,24)13-15)17(22)16(21)18-12-14-6-4-3-5-7-14/h3-7,15H,8-13H2,1-2H3,(H,18,21). The number of hydrogen-bond acceptors (Lipinski definition) is 5. The van der Waals surface area contributed by atoms with Gasteiger partial charge in [0.2, 0.25) is 0 Å². The number of likely N-dealkylation sites (N-methyl/N-ethyl adjacent to an activating group) is 1. The summed E-state index contributed by atoms with van der Waals surface area (Å²) in [4.78, 5) is 28.1. The molecule has 1 aromatic carbocycles. The van der Waals surface area contributed by atoms with Crippen LogP contribution in [0.1, 0.15) is 12.0 Å². The quantitative estimate of drug-likeness (QED) is 0.709. The van der Waals surface area contributed by atoms with Gasteiger partial charge in [0.05, 0.1) is 11.5 Å². The Morgan fingerprint density at radius 2 is 1.84 bits per heavy atom. The third-order valence-corrected chi connectivity index (χ3v) is 5.94. The van der Waals surface area contributed by atoms with Crippen LogP contribution in [0.4, 0.5) is 0 Å². The van der Waals surface area contributed by atoms with Gasteiger partial charge < -0.3 is 15.1 Å². The zero-order valence-electron chi connectivity index (χ0n) is 14.6. The molecule has 1 N–H and O–H groups in total. The Labute approximate surface area is 148 Å². The van der Waals surface area contributed by atoms with Crippen molar-refractivity contribution in [3.05, 3.63) is 35.9 Å². The molecule has 1 aromatic rings. The molecule has 1 fully saturated rings. The number of benzene rings is 1. The number of carbonyl (C=O) groups is 2. The van der Waals surface area contributed by atoms with Crippen molar-refractivity contribution in [3.63, 3.8) is 0 Å². The lowest BCUT2D eigenvalue weighted by Gasteiger charge is -2.28. The van der Waals surface area contributed by atoms with E-state index in [2.05, 4.69) is 5.32 Å². The predicted molar refractivity (Wildman–Crippen MR) is 95.6 cm³/mol. The number of rotatable bonds is 6. The number of nitrogens with zero attached hydrogens (tertiary/aromatic N) is 2. The minimum absolute atomic E-state index is 0.0645. The van der Waals surface area contributed by atoms with Crippen LogP contribution >= 0.6 is 0 Å². The van der Waals surface area contributed by atoms with Gasteiger partial charge in [-0.2, -0.15) is 0 Å². The SMILES string of the molecule is CN(C)CCN(C(=O)C(=O)NCc1ccccc1)C1CCS(=O)(=O)C1. The van der Waals surface area contributed by atoms with Gasteiger partial charge in [0, 0.05) is 25.7 Å². The van der Waals surface area contributed by atoms with Crippen LogP contribution < -0.4 is 5.32 Å². The average Bonchev–Trinajstić information content (AvgIpc) is 2.93. The molecular weight excluding hydrogens is 342 g/mol. The Balaban J connectivity index is 2.01. The Hall–Kier alpha value is -1.93. The highest BCUT2D eigenvalue weighted by Crippen LogP contribution is 2.18. The summed E-state index contributed by atoms with van der Waals surface area (Å²) in [7, 11) is 0.596. The van der Waals surface area contributed by atoms with Gasteiger partial charge in [-0.15, -0.1) is 0 Å². The molecule has 8 heteroatoms. The highest BCUT2D eigenvalue weighted by atomic mass is 32.2. The van der Waals surface area contributed by atoms with E-state index in [1.54, 1.807) is 0 Å². The molecule has 138 valence electrons. The molecule has 0 spiro atoms. The lowest BCUT2D eigenvalue weighted by atomic mass is 10.2. The second-order valence-electron chi connectivity index (χ2n) is 6.53. The number of hydrogen-bond donors (Lipinski definition) is 1. The van der Waals surface area contributed by atoms with Gasteiger partial charge in [0.25, 0.3) is 0 Å². The molecule has 2 rings (SSSR count).